The highest BCUT2D eigenvalue weighted by Crippen LogP contribution is 2.18. The van der Waals surface area contributed by atoms with Crippen LogP contribution in [0.15, 0.2) is 41.7 Å². The van der Waals surface area contributed by atoms with Crippen LogP contribution in [-0.4, -0.2) is 17.6 Å². The molecule has 2 rings (SSSR count). The Kier molecular flexibility index (Phi) is 5.58. The van der Waals surface area contributed by atoms with E-state index in [1.165, 1.54) is 0 Å². The molecule has 0 aliphatic heterocycles. The van der Waals surface area contributed by atoms with Gasteiger partial charge in [-0.05, 0) is 12.5 Å². The van der Waals surface area contributed by atoms with Gasteiger partial charge in [0.25, 0.3) is 5.56 Å². The smallest absolute Gasteiger partial charge is 0.258 e. The molecule has 1 aromatic heterocycles. The van der Waals surface area contributed by atoms with E-state index in [-0.39, 0.29) is 5.56 Å². The van der Waals surface area contributed by atoms with Crippen LogP contribution < -0.4 is 5.56 Å². The second-order valence-corrected chi connectivity index (χ2v) is 11.4. The maximum absolute atomic E-state index is 12.9. The molecular formula is C20H24N2OSi. The van der Waals surface area contributed by atoms with Gasteiger partial charge in [-0.3, -0.25) is 9.36 Å². The minimum atomic E-state index is -1.48. The van der Waals surface area contributed by atoms with Gasteiger partial charge in [-0.15, -0.1) is 5.54 Å². The van der Waals surface area contributed by atoms with Gasteiger partial charge in [0.2, 0.25) is 0 Å². The molecule has 0 saturated heterocycles. The van der Waals surface area contributed by atoms with Crippen molar-refractivity contribution in [3.8, 4) is 22.9 Å². The molecule has 0 radical (unpaired) electrons. The molecule has 0 atom stereocenters. The fourth-order valence-electron chi connectivity index (χ4n) is 2.45. The van der Waals surface area contributed by atoms with E-state index >= 15 is 0 Å². The molecule has 0 bridgehead atoms. The number of rotatable bonds is 4. The summed E-state index contributed by atoms with van der Waals surface area (Å²) >= 11 is 0. The van der Waals surface area contributed by atoms with E-state index in [2.05, 4.69) is 37.7 Å². The van der Waals surface area contributed by atoms with Crippen molar-refractivity contribution in [2.75, 3.05) is 0 Å². The molecule has 2 aromatic rings. The Morgan fingerprint density at radius 1 is 1.25 bits per heavy atom. The molecule has 0 unspecified atom stereocenters. The molecule has 0 aliphatic rings. The number of nitrogens with zero attached hydrogens (tertiary/aromatic N) is 2. The van der Waals surface area contributed by atoms with Gasteiger partial charge in [0.05, 0.1) is 12.2 Å². The zero-order chi connectivity index (χ0) is 17.7. The summed E-state index contributed by atoms with van der Waals surface area (Å²) in [6.07, 6.45) is 2.29. The topological polar surface area (TPSA) is 34.9 Å². The summed E-state index contributed by atoms with van der Waals surface area (Å²) in [5, 5.41) is 0. The lowest BCUT2D eigenvalue weighted by Crippen LogP contribution is -2.28. The van der Waals surface area contributed by atoms with Gasteiger partial charge in [0.15, 0.2) is 0 Å². The average Bonchev–Trinajstić information content (AvgIpc) is 2.55. The van der Waals surface area contributed by atoms with Crippen LogP contribution in [0, 0.1) is 11.5 Å². The highest BCUT2D eigenvalue weighted by Gasteiger charge is 2.15. The molecule has 1 aromatic carbocycles. The van der Waals surface area contributed by atoms with E-state index in [9.17, 15) is 4.79 Å². The van der Waals surface area contributed by atoms with Gasteiger partial charge in [0, 0.05) is 11.1 Å². The first kappa shape index (κ1) is 18.0. The van der Waals surface area contributed by atoms with E-state index in [1.54, 1.807) is 10.6 Å². The summed E-state index contributed by atoms with van der Waals surface area (Å²) in [5.41, 5.74) is 5.57. The van der Waals surface area contributed by atoms with Gasteiger partial charge in [0.1, 0.15) is 13.9 Å². The summed E-state index contributed by atoms with van der Waals surface area (Å²) in [4.78, 5) is 17.6. The van der Waals surface area contributed by atoms with Crippen molar-refractivity contribution in [2.24, 2.45) is 0 Å². The molecule has 4 heteroatoms. The predicted octanol–water partition coefficient (Wildman–Crippen LogP) is 4.00. The first-order valence-electron chi connectivity index (χ1n) is 8.19. The first-order chi connectivity index (χ1) is 11.4. The standard InChI is InChI=1S/C20H24N2OSi/c1-6-17-18(7-2)21-19(16-12-9-8-10-13-16)22(20(17)23)14-11-15-24(3,4)5/h7-10,12-13H,2,6,14H2,1,3-5H3. The second-order valence-electron chi connectivity index (χ2n) is 6.67. The molecule has 0 spiro atoms. The van der Waals surface area contributed by atoms with Gasteiger partial charge < -0.3 is 0 Å². The Balaban J connectivity index is 2.67. The highest BCUT2D eigenvalue weighted by atomic mass is 28.3. The Morgan fingerprint density at radius 3 is 2.46 bits per heavy atom. The number of hydrogen-bond acceptors (Lipinski definition) is 2. The van der Waals surface area contributed by atoms with E-state index in [0.717, 1.165) is 5.56 Å². The first-order valence-corrected chi connectivity index (χ1v) is 11.7. The van der Waals surface area contributed by atoms with Crippen LogP contribution in [0.1, 0.15) is 18.2 Å². The number of hydrogen-bond donors (Lipinski definition) is 0. The minimum Gasteiger partial charge on any atom is -0.281 e. The monoisotopic (exact) mass is 336 g/mol. The zero-order valence-corrected chi connectivity index (χ0v) is 15.9. The van der Waals surface area contributed by atoms with Crippen LogP contribution in [0.5, 0.6) is 0 Å². The third-order valence-corrected chi connectivity index (χ3v) is 4.50. The molecule has 3 nitrogen and oxygen atoms in total. The summed E-state index contributed by atoms with van der Waals surface area (Å²) in [7, 11) is -1.48. The van der Waals surface area contributed by atoms with Crippen LogP contribution in [0.2, 0.25) is 19.6 Å². The number of aromatic nitrogens is 2. The molecule has 124 valence electrons. The van der Waals surface area contributed by atoms with Crippen molar-refractivity contribution >= 4 is 14.1 Å². The predicted molar refractivity (Wildman–Crippen MR) is 105 cm³/mol. The minimum absolute atomic E-state index is 0.0221. The Bertz CT molecular complexity index is 849. The molecule has 0 aliphatic carbocycles. The maximum Gasteiger partial charge on any atom is 0.258 e. The average molecular weight is 337 g/mol. The quantitative estimate of drug-likeness (QED) is 0.625. The molecule has 0 amide bonds. The zero-order valence-electron chi connectivity index (χ0n) is 14.9. The van der Waals surface area contributed by atoms with Gasteiger partial charge in [-0.1, -0.05) is 69.4 Å². The summed E-state index contributed by atoms with van der Waals surface area (Å²) in [5.74, 6) is 3.84. The highest BCUT2D eigenvalue weighted by molar-refractivity contribution is 6.83. The van der Waals surface area contributed by atoms with Crippen molar-refractivity contribution in [1.82, 2.24) is 9.55 Å². The molecule has 0 saturated carbocycles. The van der Waals surface area contributed by atoms with E-state index in [0.29, 0.717) is 30.0 Å². The van der Waals surface area contributed by atoms with Crippen molar-refractivity contribution in [2.45, 2.75) is 39.5 Å². The second kappa shape index (κ2) is 7.46. The third kappa shape index (κ3) is 4.12. The lowest BCUT2D eigenvalue weighted by atomic mass is 10.1. The van der Waals surface area contributed by atoms with E-state index in [4.69, 9.17) is 4.98 Å². The van der Waals surface area contributed by atoms with Crippen molar-refractivity contribution < 1.29 is 0 Å². The lowest BCUT2D eigenvalue weighted by Gasteiger charge is -2.14. The largest absolute Gasteiger partial charge is 0.281 e. The molecule has 0 fully saturated rings. The van der Waals surface area contributed by atoms with Gasteiger partial charge >= 0.3 is 0 Å². The van der Waals surface area contributed by atoms with Crippen molar-refractivity contribution in [3.05, 3.63) is 58.5 Å². The fraction of sp³-hybridized carbons (Fsp3) is 0.300. The van der Waals surface area contributed by atoms with Gasteiger partial charge in [-0.2, -0.15) is 0 Å². The van der Waals surface area contributed by atoms with Crippen LogP contribution in [-0.2, 0) is 13.0 Å². The molecule has 0 N–H and O–H groups in total. The SMILES string of the molecule is C=Cc1nc(-c2ccccc2)n(CC#C[Si](C)(C)C)c(=O)c1CC. The van der Waals surface area contributed by atoms with Crippen molar-refractivity contribution in [3.63, 3.8) is 0 Å². The Morgan fingerprint density at radius 2 is 1.92 bits per heavy atom. The van der Waals surface area contributed by atoms with E-state index < -0.39 is 8.07 Å². The van der Waals surface area contributed by atoms with Crippen LogP contribution in [0.25, 0.3) is 17.5 Å². The van der Waals surface area contributed by atoms with E-state index in [1.807, 2.05) is 37.3 Å². The normalized spacial score (nSPS) is 10.8. The van der Waals surface area contributed by atoms with Gasteiger partial charge in [-0.25, -0.2) is 4.98 Å². The molecule has 1 heterocycles. The molecule has 24 heavy (non-hydrogen) atoms. The fourth-order valence-corrected chi connectivity index (χ4v) is 3.06. The Hall–Kier alpha value is -2.38. The number of benzene rings is 1. The summed E-state index contributed by atoms with van der Waals surface area (Å²) in [6, 6.07) is 9.76. The molecular weight excluding hydrogens is 312 g/mol. The third-order valence-electron chi connectivity index (χ3n) is 3.57. The van der Waals surface area contributed by atoms with Crippen LogP contribution in [0.4, 0.5) is 0 Å². The van der Waals surface area contributed by atoms with Crippen molar-refractivity contribution in [1.29, 1.82) is 0 Å². The van der Waals surface area contributed by atoms with Crippen LogP contribution >= 0.6 is 0 Å². The lowest BCUT2D eigenvalue weighted by molar-refractivity contribution is 0.759. The summed E-state index contributed by atoms with van der Waals surface area (Å²) < 4.78 is 1.69. The Labute approximate surface area is 145 Å². The van der Waals surface area contributed by atoms with Crippen LogP contribution in [0.3, 0.4) is 0 Å². The summed E-state index contributed by atoms with van der Waals surface area (Å²) in [6.45, 7) is 12.7. The maximum atomic E-state index is 12.9.